The van der Waals surface area contributed by atoms with Crippen molar-refractivity contribution in [3.05, 3.63) is 0 Å². The average molecular weight is 255 g/mol. The third-order valence-corrected chi connectivity index (χ3v) is 3.79. The minimum absolute atomic E-state index is 0.0256. The topological polar surface area (TPSA) is 84.2 Å². The first-order chi connectivity index (χ1) is 8.56. The van der Waals surface area contributed by atoms with Gasteiger partial charge in [-0.3, -0.25) is 9.59 Å². The zero-order valence-electron chi connectivity index (χ0n) is 11.4. The van der Waals surface area contributed by atoms with E-state index in [1.165, 1.54) is 0 Å². The number of hydrogen-bond acceptors (Lipinski definition) is 3. The van der Waals surface area contributed by atoms with Crippen molar-refractivity contribution in [3.8, 4) is 0 Å². The number of amides is 2. The van der Waals surface area contributed by atoms with Crippen LogP contribution in [0.1, 0.15) is 39.0 Å². The molecule has 0 radical (unpaired) electrons. The van der Waals surface area contributed by atoms with E-state index >= 15 is 0 Å². The van der Waals surface area contributed by atoms with E-state index in [0.717, 1.165) is 32.2 Å². The van der Waals surface area contributed by atoms with Gasteiger partial charge in [0, 0.05) is 13.5 Å². The summed E-state index contributed by atoms with van der Waals surface area (Å²) in [5, 5.41) is 5.25. The van der Waals surface area contributed by atoms with Gasteiger partial charge in [0.25, 0.3) is 0 Å². The first-order valence-corrected chi connectivity index (χ1v) is 6.77. The Balaban J connectivity index is 2.26. The van der Waals surface area contributed by atoms with Gasteiger partial charge in [0.05, 0.1) is 0 Å². The Morgan fingerprint density at radius 3 is 2.28 bits per heavy atom. The van der Waals surface area contributed by atoms with Crippen LogP contribution in [0.4, 0.5) is 0 Å². The fourth-order valence-electron chi connectivity index (χ4n) is 2.52. The summed E-state index contributed by atoms with van der Waals surface area (Å²) in [6.45, 7) is 2.45. The van der Waals surface area contributed by atoms with Crippen LogP contribution >= 0.6 is 0 Å². The SMILES string of the molecule is CNC(=O)C(C)NC(=O)CC1CCC(CN)CC1. The molecule has 1 rings (SSSR count). The van der Waals surface area contributed by atoms with Crippen LogP contribution in [-0.4, -0.2) is 31.4 Å². The Morgan fingerprint density at radius 2 is 1.78 bits per heavy atom. The molecule has 1 aliphatic rings. The molecule has 0 saturated heterocycles. The highest BCUT2D eigenvalue weighted by Gasteiger charge is 2.23. The number of hydrogen-bond donors (Lipinski definition) is 3. The largest absolute Gasteiger partial charge is 0.357 e. The highest BCUT2D eigenvalue weighted by molar-refractivity contribution is 5.87. The Morgan fingerprint density at radius 1 is 1.22 bits per heavy atom. The maximum absolute atomic E-state index is 11.8. The van der Waals surface area contributed by atoms with Crippen LogP contribution in [0, 0.1) is 11.8 Å². The lowest BCUT2D eigenvalue weighted by atomic mass is 9.80. The third-order valence-electron chi connectivity index (χ3n) is 3.79. The van der Waals surface area contributed by atoms with Crippen LogP contribution in [0.5, 0.6) is 0 Å². The molecule has 104 valence electrons. The van der Waals surface area contributed by atoms with Gasteiger partial charge in [0.15, 0.2) is 0 Å². The molecule has 0 aliphatic heterocycles. The highest BCUT2D eigenvalue weighted by atomic mass is 16.2. The van der Waals surface area contributed by atoms with Crippen molar-refractivity contribution >= 4 is 11.8 Å². The van der Waals surface area contributed by atoms with E-state index in [9.17, 15) is 9.59 Å². The second-order valence-corrected chi connectivity index (χ2v) is 5.23. The standard InChI is InChI=1S/C13H25N3O2/c1-9(13(18)15-2)16-12(17)7-10-3-5-11(8-14)6-4-10/h9-11H,3-8,14H2,1-2H3,(H,15,18)(H,16,17). The van der Waals surface area contributed by atoms with Gasteiger partial charge in [-0.05, 0) is 51.0 Å². The summed E-state index contributed by atoms with van der Waals surface area (Å²) in [6, 6.07) is -0.456. The van der Waals surface area contributed by atoms with Gasteiger partial charge in [0.2, 0.25) is 11.8 Å². The minimum Gasteiger partial charge on any atom is -0.357 e. The molecule has 1 saturated carbocycles. The van der Waals surface area contributed by atoms with Crippen LogP contribution in [0.3, 0.4) is 0 Å². The number of rotatable bonds is 5. The molecule has 18 heavy (non-hydrogen) atoms. The summed E-state index contributed by atoms with van der Waals surface area (Å²) < 4.78 is 0. The van der Waals surface area contributed by atoms with Crippen LogP contribution < -0.4 is 16.4 Å². The third kappa shape index (κ3) is 4.64. The van der Waals surface area contributed by atoms with Gasteiger partial charge in [-0.15, -0.1) is 0 Å². The molecule has 2 amide bonds. The lowest BCUT2D eigenvalue weighted by Crippen LogP contribution is -2.44. The summed E-state index contributed by atoms with van der Waals surface area (Å²) in [5.74, 6) is 0.899. The summed E-state index contributed by atoms with van der Waals surface area (Å²) in [4.78, 5) is 23.1. The molecular weight excluding hydrogens is 230 g/mol. The normalized spacial score (nSPS) is 25.3. The van der Waals surface area contributed by atoms with Crippen molar-refractivity contribution in [1.82, 2.24) is 10.6 Å². The number of likely N-dealkylation sites (N-methyl/N-ethyl adjacent to an activating group) is 1. The predicted molar refractivity (Wildman–Crippen MR) is 70.8 cm³/mol. The molecule has 0 bridgehead atoms. The van der Waals surface area contributed by atoms with E-state index in [-0.39, 0.29) is 11.8 Å². The van der Waals surface area contributed by atoms with E-state index < -0.39 is 6.04 Å². The van der Waals surface area contributed by atoms with Gasteiger partial charge in [-0.25, -0.2) is 0 Å². The van der Waals surface area contributed by atoms with Gasteiger partial charge in [-0.2, -0.15) is 0 Å². The van der Waals surface area contributed by atoms with Crippen molar-refractivity contribution in [2.75, 3.05) is 13.6 Å². The molecule has 0 heterocycles. The Kier molecular flexibility index (Phi) is 6.12. The van der Waals surface area contributed by atoms with Gasteiger partial charge >= 0.3 is 0 Å². The molecule has 0 aromatic heterocycles. The summed E-state index contributed by atoms with van der Waals surface area (Å²) in [5.41, 5.74) is 5.64. The zero-order chi connectivity index (χ0) is 13.5. The van der Waals surface area contributed by atoms with E-state index in [0.29, 0.717) is 18.3 Å². The molecule has 1 unspecified atom stereocenters. The lowest BCUT2D eigenvalue weighted by Gasteiger charge is -2.27. The average Bonchev–Trinajstić information content (AvgIpc) is 2.38. The molecule has 0 aromatic rings. The number of nitrogens with two attached hydrogens (primary N) is 1. The molecule has 1 aliphatic carbocycles. The van der Waals surface area contributed by atoms with Crippen molar-refractivity contribution in [2.45, 2.75) is 45.1 Å². The van der Waals surface area contributed by atoms with E-state index in [2.05, 4.69) is 10.6 Å². The number of carbonyl (C=O) groups excluding carboxylic acids is 2. The van der Waals surface area contributed by atoms with Crippen molar-refractivity contribution in [3.63, 3.8) is 0 Å². The second kappa shape index (κ2) is 7.36. The van der Waals surface area contributed by atoms with Gasteiger partial charge in [-0.1, -0.05) is 0 Å². The van der Waals surface area contributed by atoms with Gasteiger partial charge in [0.1, 0.15) is 6.04 Å². The van der Waals surface area contributed by atoms with Crippen LogP contribution in [-0.2, 0) is 9.59 Å². The van der Waals surface area contributed by atoms with Crippen molar-refractivity contribution < 1.29 is 9.59 Å². The predicted octanol–water partition coefficient (Wildman–Crippen LogP) is 0.392. The fourth-order valence-corrected chi connectivity index (χ4v) is 2.52. The van der Waals surface area contributed by atoms with E-state index in [1.54, 1.807) is 14.0 Å². The van der Waals surface area contributed by atoms with Crippen LogP contribution in [0.2, 0.25) is 0 Å². The molecule has 1 fully saturated rings. The lowest BCUT2D eigenvalue weighted by molar-refractivity contribution is -0.128. The van der Waals surface area contributed by atoms with Crippen molar-refractivity contribution in [2.24, 2.45) is 17.6 Å². The molecule has 5 nitrogen and oxygen atoms in total. The molecule has 0 spiro atoms. The van der Waals surface area contributed by atoms with E-state index in [1.807, 2.05) is 0 Å². The maximum atomic E-state index is 11.8. The monoisotopic (exact) mass is 255 g/mol. The Bertz CT molecular complexity index is 286. The number of carbonyl (C=O) groups is 2. The van der Waals surface area contributed by atoms with Crippen LogP contribution in [0.15, 0.2) is 0 Å². The smallest absolute Gasteiger partial charge is 0.242 e. The summed E-state index contributed by atoms with van der Waals surface area (Å²) in [6.07, 6.45) is 4.92. The molecule has 1 atom stereocenters. The van der Waals surface area contributed by atoms with Crippen molar-refractivity contribution in [1.29, 1.82) is 0 Å². The molecular formula is C13H25N3O2. The highest BCUT2D eigenvalue weighted by Crippen LogP contribution is 2.30. The maximum Gasteiger partial charge on any atom is 0.242 e. The van der Waals surface area contributed by atoms with E-state index in [4.69, 9.17) is 5.73 Å². The Hall–Kier alpha value is -1.10. The van der Waals surface area contributed by atoms with Gasteiger partial charge < -0.3 is 16.4 Å². The fraction of sp³-hybridized carbons (Fsp3) is 0.846. The second-order valence-electron chi connectivity index (χ2n) is 5.23. The quantitative estimate of drug-likeness (QED) is 0.664. The zero-order valence-corrected chi connectivity index (χ0v) is 11.4. The summed E-state index contributed by atoms with van der Waals surface area (Å²) in [7, 11) is 1.57. The molecule has 5 heteroatoms. The van der Waals surface area contributed by atoms with Crippen LogP contribution in [0.25, 0.3) is 0 Å². The first-order valence-electron chi connectivity index (χ1n) is 6.77. The Labute approximate surface area is 109 Å². The first kappa shape index (κ1) is 15.0. The molecule has 4 N–H and O–H groups in total. The number of nitrogens with one attached hydrogen (secondary N) is 2. The summed E-state index contributed by atoms with van der Waals surface area (Å²) >= 11 is 0. The minimum atomic E-state index is -0.456. The molecule has 0 aromatic carbocycles.